The van der Waals surface area contributed by atoms with Crippen molar-refractivity contribution in [1.82, 2.24) is 9.29 Å². The summed E-state index contributed by atoms with van der Waals surface area (Å²) < 4.78 is 32.7. The SMILES string of the molecule is CCOC(=O)Nc1nc2c(s1)CN(S(=O)(=O)c1ccc(Br)s1)CC2. The highest BCUT2D eigenvalue weighted by Crippen LogP contribution is 2.34. The maximum Gasteiger partial charge on any atom is 0.413 e. The fraction of sp³-hybridized carbons (Fsp3) is 0.385. The molecule has 7 nitrogen and oxygen atoms in total. The molecule has 0 bridgehead atoms. The first-order valence-corrected chi connectivity index (χ1v) is 10.9. The number of sulfonamides is 1. The molecule has 24 heavy (non-hydrogen) atoms. The Bertz CT molecular complexity index is 862. The van der Waals surface area contributed by atoms with Gasteiger partial charge in [0.1, 0.15) is 4.21 Å². The summed E-state index contributed by atoms with van der Waals surface area (Å²) in [5, 5.41) is 2.99. The molecule has 0 aliphatic carbocycles. The van der Waals surface area contributed by atoms with Crippen molar-refractivity contribution in [2.45, 2.75) is 24.1 Å². The third kappa shape index (κ3) is 3.64. The van der Waals surface area contributed by atoms with Crippen molar-refractivity contribution in [3.05, 3.63) is 26.5 Å². The van der Waals surface area contributed by atoms with E-state index >= 15 is 0 Å². The third-order valence-electron chi connectivity index (χ3n) is 3.32. The van der Waals surface area contributed by atoms with E-state index < -0.39 is 16.1 Å². The summed E-state index contributed by atoms with van der Waals surface area (Å²) >= 11 is 5.75. The normalized spacial score (nSPS) is 15.1. The Kier molecular flexibility index (Phi) is 5.25. The van der Waals surface area contributed by atoms with Crippen LogP contribution in [0.25, 0.3) is 0 Å². The van der Waals surface area contributed by atoms with E-state index in [2.05, 4.69) is 26.2 Å². The number of rotatable bonds is 4. The van der Waals surface area contributed by atoms with Crippen LogP contribution in [0.15, 0.2) is 20.1 Å². The number of carbonyl (C=O) groups excluding carboxylic acids is 1. The van der Waals surface area contributed by atoms with Gasteiger partial charge in [-0.1, -0.05) is 11.3 Å². The number of nitrogens with zero attached hydrogens (tertiary/aromatic N) is 2. The molecule has 1 aliphatic rings. The van der Waals surface area contributed by atoms with Gasteiger partial charge in [-0.05, 0) is 35.0 Å². The molecule has 0 fully saturated rings. The van der Waals surface area contributed by atoms with Crippen LogP contribution in [0.4, 0.5) is 9.93 Å². The van der Waals surface area contributed by atoms with Gasteiger partial charge in [-0.15, -0.1) is 11.3 Å². The van der Waals surface area contributed by atoms with Crippen molar-refractivity contribution >= 4 is 59.9 Å². The number of carbonyl (C=O) groups is 1. The van der Waals surface area contributed by atoms with E-state index in [-0.39, 0.29) is 13.2 Å². The molecular weight excluding hydrogens is 438 g/mol. The van der Waals surface area contributed by atoms with Crippen molar-refractivity contribution in [1.29, 1.82) is 0 Å². The van der Waals surface area contributed by atoms with Gasteiger partial charge < -0.3 is 4.74 Å². The van der Waals surface area contributed by atoms with Crippen LogP contribution in [0.3, 0.4) is 0 Å². The first-order chi connectivity index (χ1) is 11.4. The minimum absolute atomic E-state index is 0.259. The number of hydrogen-bond acceptors (Lipinski definition) is 7. The lowest BCUT2D eigenvalue weighted by molar-refractivity contribution is 0.168. The maximum atomic E-state index is 12.7. The lowest BCUT2D eigenvalue weighted by atomic mass is 10.2. The van der Waals surface area contributed by atoms with Gasteiger partial charge in [0.2, 0.25) is 0 Å². The van der Waals surface area contributed by atoms with E-state index in [4.69, 9.17) is 4.74 Å². The monoisotopic (exact) mass is 451 g/mol. The number of fused-ring (bicyclic) bond motifs is 1. The van der Waals surface area contributed by atoms with Gasteiger partial charge in [0.15, 0.2) is 5.13 Å². The number of thiazole rings is 1. The van der Waals surface area contributed by atoms with Crippen LogP contribution in [0, 0.1) is 0 Å². The van der Waals surface area contributed by atoms with Crippen LogP contribution < -0.4 is 5.32 Å². The second-order valence-corrected chi connectivity index (χ2v) is 10.6. The molecule has 0 radical (unpaired) electrons. The number of aromatic nitrogens is 1. The average molecular weight is 452 g/mol. The second-order valence-electron chi connectivity index (χ2n) is 4.88. The Morgan fingerprint density at radius 2 is 2.25 bits per heavy atom. The topological polar surface area (TPSA) is 88.6 Å². The van der Waals surface area contributed by atoms with Crippen molar-refractivity contribution < 1.29 is 17.9 Å². The number of amides is 1. The van der Waals surface area contributed by atoms with Gasteiger partial charge in [-0.25, -0.2) is 18.2 Å². The molecule has 1 amide bonds. The maximum absolute atomic E-state index is 12.7. The van der Waals surface area contributed by atoms with Crippen LogP contribution in [0.5, 0.6) is 0 Å². The van der Waals surface area contributed by atoms with E-state index in [1.54, 1.807) is 19.1 Å². The van der Waals surface area contributed by atoms with Gasteiger partial charge in [-0.2, -0.15) is 4.31 Å². The van der Waals surface area contributed by atoms with Crippen LogP contribution >= 0.6 is 38.6 Å². The van der Waals surface area contributed by atoms with Crippen LogP contribution in [0.2, 0.25) is 0 Å². The average Bonchev–Trinajstić information content (AvgIpc) is 3.12. The van der Waals surface area contributed by atoms with Gasteiger partial charge in [0.05, 0.1) is 22.6 Å². The fourth-order valence-corrected chi connectivity index (χ4v) is 6.91. The summed E-state index contributed by atoms with van der Waals surface area (Å²) in [6, 6.07) is 3.32. The minimum atomic E-state index is -3.52. The van der Waals surface area contributed by atoms with Crippen LogP contribution in [-0.2, 0) is 27.7 Å². The van der Waals surface area contributed by atoms with Crippen LogP contribution in [-0.4, -0.2) is 37.0 Å². The number of nitrogens with one attached hydrogen (secondary N) is 1. The molecule has 1 N–H and O–H groups in total. The highest BCUT2D eigenvalue weighted by Gasteiger charge is 2.31. The first-order valence-electron chi connectivity index (χ1n) is 7.08. The number of thiophene rings is 1. The minimum Gasteiger partial charge on any atom is -0.450 e. The van der Waals surface area contributed by atoms with Crippen molar-refractivity contribution in [3.63, 3.8) is 0 Å². The zero-order valence-electron chi connectivity index (χ0n) is 12.6. The molecule has 0 spiro atoms. The summed E-state index contributed by atoms with van der Waals surface area (Å²) in [4.78, 5) is 16.6. The molecule has 11 heteroatoms. The summed E-state index contributed by atoms with van der Waals surface area (Å²) in [5.41, 5.74) is 0.825. The van der Waals surface area contributed by atoms with E-state index in [1.807, 2.05) is 0 Å². The van der Waals surface area contributed by atoms with Crippen molar-refractivity contribution in [2.24, 2.45) is 0 Å². The molecule has 0 saturated heterocycles. The lowest BCUT2D eigenvalue weighted by Gasteiger charge is -2.24. The van der Waals surface area contributed by atoms with Gasteiger partial charge in [0.25, 0.3) is 10.0 Å². The molecule has 0 aromatic carbocycles. The zero-order chi connectivity index (χ0) is 17.3. The van der Waals surface area contributed by atoms with E-state index in [9.17, 15) is 13.2 Å². The number of ether oxygens (including phenoxy) is 1. The molecule has 1 aliphatic heterocycles. The Labute approximate surface area is 155 Å². The van der Waals surface area contributed by atoms with E-state index in [0.717, 1.165) is 14.4 Å². The van der Waals surface area contributed by atoms with E-state index in [1.165, 1.54) is 27.0 Å². The Morgan fingerprint density at radius 1 is 1.46 bits per heavy atom. The predicted molar refractivity (Wildman–Crippen MR) is 96.1 cm³/mol. The van der Waals surface area contributed by atoms with Crippen LogP contribution in [0.1, 0.15) is 17.5 Å². The molecule has 2 aromatic heterocycles. The summed E-state index contributed by atoms with van der Waals surface area (Å²) in [7, 11) is -3.52. The standard InChI is InChI=1S/C13H14BrN3O4S3/c1-2-21-13(18)16-12-15-8-5-6-17(7-9(8)22-12)24(19,20)11-4-3-10(14)23-11/h3-4H,2,5-7H2,1H3,(H,15,16,18). The van der Waals surface area contributed by atoms with Gasteiger partial charge in [0, 0.05) is 17.8 Å². The smallest absolute Gasteiger partial charge is 0.413 e. The van der Waals surface area contributed by atoms with E-state index in [0.29, 0.717) is 22.3 Å². The molecule has 2 aromatic rings. The third-order valence-corrected chi connectivity index (χ3v) is 8.26. The van der Waals surface area contributed by atoms with Gasteiger partial charge >= 0.3 is 6.09 Å². The molecule has 0 saturated carbocycles. The quantitative estimate of drug-likeness (QED) is 0.769. The first kappa shape index (κ1) is 17.8. The molecule has 0 unspecified atom stereocenters. The fourth-order valence-electron chi connectivity index (χ4n) is 2.25. The Balaban J connectivity index is 1.77. The summed E-state index contributed by atoms with van der Waals surface area (Å²) in [6.07, 6.45) is -0.0428. The number of anilines is 1. The Morgan fingerprint density at radius 3 is 2.92 bits per heavy atom. The molecule has 3 heterocycles. The molecule has 3 rings (SSSR count). The summed E-state index contributed by atoms with van der Waals surface area (Å²) in [5.74, 6) is 0. The highest BCUT2D eigenvalue weighted by atomic mass is 79.9. The molecule has 0 atom stereocenters. The Hall–Kier alpha value is -1.01. The van der Waals surface area contributed by atoms with Crippen molar-refractivity contribution in [3.8, 4) is 0 Å². The summed E-state index contributed by atoms with van der Waals surface area (Å²) in [6.45, 7) is 2.63. The second kappa shape index (κ2) is 7.08. The lowest BCUT2D eigenvalue weighted by Crippen LogP contribution is -2.35. The highest BCUT2D eigenvalue weighted by molar-refractivity contribution is 9.11. The molecular formula is C13H14BrN3O4S3. The van der Waals surface area contributed by atoms with Crippen molar-refractivity contribution in [2.75, 3.05) is 18.5 Å². The zero-order valence-corrected chi connectivity index (χ0v) is 16.6. The molecule has 130 valence electrons. The number of hydrogen-bond donors (Lipinski definition) is 1. The predicted octanol–water partition coefficient (Wildman–Crippen LogP) is 3.28. The van der Waals surface area contributed by atoms with Gasteiger partial charge in [-0.3, -0.25) is 5.32 Å². The number of halogens is 1. The largest absolute Gasteiger partial charge is 0.450 e.